The molecule has 2 amide bonds. The second kappa shape index (κ2) is 7.82. The quantitative estimate of drug-likeness (QED) is 0.598. The molecule has 0 aliphatic carbocycles. The summed E-state index contributed by atoms with van der Waals surface area (Å²) in [5.41, 5.74) is 5.37. The minimum absolute atomic E-state index is 0.0787. The molecule has 0 aromatic rings. The lowest BCUT2D eigenvalue weighted by atomic mass is 10.5. The minimum Gasteiger partial charge on any atom is -0.383 e. The van der Waals surface area contributed by atoms with E-state index in [-0.39, 0.29) is 6.03 Å². The predicted octanol–water partition coefficient (Wildman–Crippen LogP) is -0.377. The van der Waals surface area contributed by atoms with E-state index in [0.717, 1.165) is 0 Å². The maximum absolute atomic E-state index is 11.3. The molecule has 0 radical (unpaired) electrons. The van der Waals surface area contributed by atoms with Crippen molar-refractivity contribution in [2.45, 2.75) is 6.92 Å². The summed E-state index contributed by atoms with van der Waals surface area (Å²) in [5, 5.41) is 2.72. The molecule has 0 saturated carbocycles. The van der Waals surface area contributed by atoms with Crippen LogP contribution < -0.4 is 11.1 Å². The van der Waals surface area contributed by atoms with E-state index in [1.807, 2.05) is 6.92 Å². The Balaban J connectivity index is 3.83. The molecule has 0 atom stereocenters. The van der Waals surface area contributed by atoms with Crippen molar-refractivity contribution in [2.24, 2.45) is 5.73 Å². The monoisotopic (exact) mass is 189 g/mol. The van der Waals surface area contributed by atoms with E-state index in [1.54, 1.807) is 12.0 Å². The number of nitrogens with zero attached hydrogens (tertiary/aromatic N) is 1. The second-order valence-electron chi connectivity index (χ2n) is 2.60. The summed E-state index contributed by atoms with van der Waals surface area (Å²) in [6.07, 6.45) is 0. The highest BCUT2D eigenvalue weighted by Crippen LogP contribution is 1.88. The zero-order chi connectivity index (χ0) is 10.1. The Morgan fingerprint density at radius 3 is 2.69 bits per heavy atom. The lowest BCUT2D eigenvalue weighted by Crippen LogP contribution is -2.43. The Hall–Kier alpha value is -0.810. The molecule has 0 heterocycles. The summed E-state index contributed by atoms with van der Waals surface area (Å²) in [4.78, 5) is 13.0. The predicted molar refractivity (Wildman–Crippen MR) is 51.6 cm³/mol. The largest absolute Gasteiger partial charge is 0.383 e. The highest BCUT2D eigenvalue weighted by Gasteiger charge is 2.09. The fourth-order valence-corrected chi connectivity index (χ4v) is 0.935. The van der Waals surface area contributed by atoms with E-state index >= 15 is 0 Å². The van der Waals surface area contributed by atoms with Crippen LogP contribution in [0, 0.1) is 0 Å². The average molecular weight is 189 g/mol. The Morgan fingerprint density at radius 2 is 2.23 bits per heavy atom. The molecule has 0 aromatic heterocycles. The van der Waals surface area contributed by atoms with Crippen molar-refractivity contribution in [3.8, 4) is 0 Å². The van der Waals surface area contributed by atoms with Gasteiger partial charge in [-0.1, -0.05) is 0 Å². The summed E-state index contributed by atoms with van der Waals surface area (Å²) in [6, 6.07) is -0.0787. The summed E-state index contributed by atoms with van der Waals surface area (Å²) >= 11 is 0. The fraction of sp³-hybridized carbons (Fsp3) is 0.875. The van der Waals surface area contributed by atoms with Crippen LogP contribution in [-0.4, -0.2) is 50.8 Å². The SMILES string of the molecule is CCNC(=O)N(CCN)CCOC. The second-order valence-corrected chi connectivity index (χ2v) is 2.60. The van der Waals surface area contributed by atoms with E-state index < -0.39 is 0 Å². The van der Waals surface area contributed by atoms with Crippen molar-refractivity contribution in [3.05, 3.63) is 0 Å². The highest BCUT2D eigenvalue weighted by molar-refractivity contribution is 5.74. The molecule has 5 nitrogen and oxygen atoms in total. The Labute approximate surface area is 79.2 Å². The first kappa shape index (κ1) is 12.2. The first-order valence-corrected chi connectivity index (χ1v) is 4.48. The molecule has 0 fully saturated rings. The number of hydrogen-bond acceptors (Lipinski definition) is 3. The summed E-state index contributed by atoms with van der Waals surface area (Å²) < 4.78 is 4.88. The molecule has 0 rings (SSSR count). The van der Waals surface area contributed by atoms with Gasteiger partial charge in [-0.25, -0.2) is 4.79 Å². The Kier molecular flexibility index (Phi) is 7.33. The van der Waals surface area contributed by atoms with Gasteiger partial charge < -0.3 is 20.7 Å². The van der Waals surface area contributed by atoms with Crippen molar-refractivity contribution >= 4 is 6.03 Å². The zero-order valence-corrected chi connectivity index (χ0v) is 8.38. The van der Waals surface area contributed by atoms with Gasteiger partial charge in [0.2, 0.25) is 0 Å². The molecule has 13 heavy (non-hydrogen) atoms. The maximum Gasteiger partial charge on any atom is 0.317 e. The first-order chi connectivity index (χ1) is 6.26. The molecule has 0 unspecified atom stereocenters. The van der Waals surface area contributed by atoms with Crippen LogP contribution in [0.5, 0.6) is 0 Å². The van der Waals surface area contributed by atoms with Crippen molar-refractivity contribution in [1.82, 2.24) is 10.2 Å². The van der Waals surface area contributed by atoms with Crippen molar-refractivity contribution in [3.63, 3.8) is 0 Å². The van der Waals surface area contributed by atoms with E-state index in [4.69, 9.17) is 10.5 Å². The van der Waals surface area contributed by atoms with Crippen molar-refractivity contribution < 1.29 is 9.53 Å². The normalized spacial score (nSPS) is 9.77. The van der Waals surface area contributed by atoms with E-state index in [0.29, 0.717) is 32.8 Å². The molecule has 0 spiro atoms. The highest BCUT2D eigenvalue weighted by atomic mass is 16.5. The number of methoxy groups -OCH3 is 1. The minimum atomic E-state index is -0.0787. The van der Waals surface area contributed by atoms with Crippen molar-refractivity contribution in [1.29, 1.82) is 0 Å². The smallest absolute Gasteiger partial charge is 0.317 e. The van der Waals surface area contributed by atoms with Gasteiger partial charge in [0.05, 0.1) is 6.61 Å². The molecular formula is C8H19N3O2. The van der Waals surface area contributed by atoms with Gasteiger partial charge in [0.25, 0.3) is 0 Å². The van der Waals surface area contributed by atoms with Gasteiger partial charge >= 0.3 is 6.03 Å². The first-order valence-electron chi connectivity index (χ1n) is 4.48. The number of carbonyl (C=O) groups is 1. The Bertz CT molecular complexity index is 141. The number of nitrogens with one attached hydrogen (secondary N) is 1. The molecular weight excluding hydrogens is 170 g/mol. The van der Waals surface area contributed by atoms with Gasteiger partial charge in [0.1, 0.15) is 0 Å². The van der Waals surface area contributed by atoms with Gasteiger partial charge in [-0.15, -0.1) is 0 Å². The van der Waals surface area contributed by atoms with E-state index in [2.05, 4.69) is 5.32 Å². The van der Waals surface area contributed by atoms with Gasteiger partial charge in [-0.05, 0) is 6.92 Å². The molecule has 0 aromatic carbocycles. The van der Waals surface area contributed by atoms with Gasteiger partial charge in [0, 0.05) is 33.3 Å². The molecule has 78 valence electrons. The van der Waals surface area contributed by atoms with Crippen LogP contribution in [0.2, 0.25) is 0 Å². The van der Waals surface area contributed by atoms with Crippen LogP contribution in [0.4, 0.5) is 4.79 Å². The molecule has 0 saturated heterocycles. The standard InChI is InChI=1S/C8H19N3O2/c1-3-10-8(12)11(5-4-9)6-7-13-2/h3-7,9H2,1-2H3,(H,10,12). The number of urea groups is 1. The lowest BCUT2D eigenvalue weighted by molar-refractivity contribution is 0.151. The van der Waals surface area contributed by atoms with Crippen LogP contribution in [0.1, 0.15) is 6.92 Å². The fourth-order valence-electron chi connectivity index (χ4n) is 0.935. The molecule has 0 aliphatic rings. The summed E-state index contributed by atoms with van der Waals surface area (Å²) in [7, 11) is 1.61. The third-order valence-electron chi connectivity index (χ3n) is 1.58. The van der Waals surface area contributed by atoms with Crippen LogP contribution >= 0.6 is 0 Å². The van der Waals surface area contributed by atoms with Gasteiger partial charge in [-0.2, -0.15) is 0 Å². The number of ether oxygens (including phenoxy) is 1. The lowest BCUT2D eigenvalue weighted by Gasteiger charge is -2.21. The summed E-state index contributed by atoms with van der Waals surface area (Å²) in [5.74, 6) is 0. The van der Waals surface area contributed by atoms with E-state index in [9.17, 15) is 4.79 Å². The van der Waals surface area contributed by atoms with Crippen LogP contribution in [-0.2, 0) is 4.74 Å². The van der Waals surface area contributed by atoms with Gasteiger partial charge in [-0.3, -0.25) is 0 Å². The third-order valence-corrected chi connectivity index (χ3v) is 1.58. The maximum atomic E-state index is 11.3. The number of nitrogens with two attached hydrogens (primary N) is 1. The van der Waals surface area contributed by atoms with E-state index in [1.165, 1.54) is 0 Å². The van der Waals surface area contributed by atoms with Crippen LogP contribution in [0.15, 0.2) is 0 Å². The van der Waals surface area contributed by atoms with Crippen molar-refractivity contribution in [2.75, 3.05) is 39.9 Å². The number of carbonyl (C=O) groups excluding carboxylic acids is 1. The number of hydrogen-bond donors (Lipinski definition) is 2. The average Bonchev–Trinajstić information content (AvgIpc) is 2.12. The van der Waals surface area contributed by atoms with Crippen LogP contribution in [0.25, 0.3) is 0 Å². The number of amides is 2. The third kappa shape index (κ3) is 5.43. The zero-order valence-electron chi connectivity index (χ0n) is 8.38. The van der Waals surface area contributed by atoms with Gasteiger partial charge in [0.15, 0.2) is 0 Å². The molecule has 0 bridgehead atoms. The Morgan fingerprint density at radius 1 is 1.54 bits per heavy atom. The molecule has 3 N–H and O–H groups in total. The number of rotatable bonds is 6. The van der Waals surface area contributed by atoms with Crippen LogP contribution in [0.3, 0.4) is 0 Å². The summed E-state index contributed by atoms with van der Waals surface area (Å²) in [6.45, 7) is 4.68. The topological polar surface area (TPSA) is 67.6 Å². The molecule has 5 heteroatoms. The molecule has 0 aliphatic heterocycles.